The molecular weight excluding hydrogens is 296 g/mol. The smallest absolute Gasteiger partial charge is 0.126 e. The molecule has 0 saturated heterocycles. The predicted molar refractivity (Wildman–Crippen MR) is 75.7 cm³/mol. The molecular formula is C14H21BrO3. The van der Waals surface area contributed by atoms with Crippen molar-refractivity contribution < 1.29 is 14.9 Å². The summed E-state index contributed by atoms with van der Waals surface area (Å²) in [5, 5.41) is 19.8. The zero-order valence-electron chi connectivity index (χ0n) is 11.3. The third-order valence-electron chi connectivity index (χ3n) is 3.19. The summed E-state index contributed by atoms with van der Waals surface area (Å²) in [5.41, 5.74) is -0.170. The lowest BCUT2D eigenvalue weighted by Crippen LogP contribution is -2.38. The second-order valence-electron chi connectivity index (χ2n) is 5.16. The molecule has 0 bridgehead atoms. The van der Waals surface area contributed by atoms with Crippen LogP contribution in [-0.4, -0.2) is 22.4 Å². The summed E-state index contributed by atoms with van der Waals surface area (Å²) in [7, 11) is 0. The third kappa shape index (κ3) is 3.97. The van der Waals surface area contributed by atoms with Crippen LogP contribution in [0.2, 0.25) is 0 Å². The summed E-state index contributed by atoms with van der Waals surface area (Å²) in [6, 6.07) is 5.47. The van der Waals surface area contributed by atoms with Crippen molar-refractivity contribution in [1.82, 2.24) is 0 Å². The Morgan fingerprint density at radius 2 is 1.94 bits per heavy atom. The van der Waals surface area contributed by atoms with Gasteiger partial charge in [0.05, 0.1) is 11.7 Å². The van der Waals surface area contributed by atoms with Crippen LogP contribution in [-0.2, 0) is 0 Å². The molecule has 4 heteroatoms. The highest BCUT2D eigenvalue weighted by atomic mass is 79.9. The number of halogens is 1. The normalized spacial score (nSPS) is 16.4. The number of ether oxygens (including phenoxy) is 1. The minimum atomic E-state index is -0.891. The highest BCUT2D eigenvalue weighted by molar-refractivity contribution is 9.10. The van der Waals surface area contributed by atoms with Gasteiger partial charge < -0.3 is 14.9 Å². The zero-order valence-corrected chi connectivity index (χ0v) is 12.9. The lowest BCUT2D eigenvalue weighted by Gasteiger charge is -2.28. The van der Waals surface area contributed by atoms with Gasteiger partial charge in [0.15, 0.2) is 0 Å². The van der Waals surface area contributed by atoms with Crippen molar-refractivity contribution in [3.05, 3.63) is 28.2 Å². The molecule has 0 aliphatic carbocycles. The molecule has 1 aromatic rings. The van der Waals surface area contributed by atoms with Crippen LogP contribution < -0.4 is 4.74 Å². The fraction of sp³-hybridized carbons (Fsp3) is 0.571. The van der Waals surface area contributed by atoms with Crippen LogP contribution in [0.5, 0.6) is 5.75 Å². The van der Waals surface area contributed by atoms with Gasteiger partial charge in [-0.1, -0.05) is 35.8 Å². The Labute approximate surface area is 117 Å². The molecule has 18 heavy (non-hydrogen) atoms. The average Bonchev–Trinajstić information content (AvgIpc) is 2.26. The van der Waals surface area contributed by atoms with Crippen molar-refractivity contribution in [1.29, 1.82) is 0 Å². The highest BCUT2D eigenvalue weighted by Gasteiger charge is 2.26. The van der Waals surface area contributed by atoms with E-state index in [-0.39, 0.29) is 12.5 Å². The molecule has 0 spiro atoms. The van der Waals surface area contributed by atoms with Crippen molar-refractivity contribution in [2.45, 2.75) is 39.4 Å². The maximum absolute atomic E-state index is 10.2. The van der Waals surface area contributed by atoms with E-state index in [0.29, 0.717) is 5.75 Å². The fourth-order valence-corrected chi connectivity index (χ4v) is 1.71. The van der Waals surface area contributed by atoms with Crippen molar-refractivity contribution in [3.63, 3.8) is 0 Å². The summed E-state index contributed by atoms with van der Waals surface area (Å²) in [6.07, 6.45) is -0.600. The first kappa shape index (κ1) is 15.5. The van der Waals surface area contributed by atoms with E-state index < -0.39 is 11.7 Å². The number of hydrogen-bond acceptors (Lipinski definition) is 3. The molecule has 1 aromatic carbocycles. The molecule has 2 atom stereocenters. The molecule has 0 aliphatic heterocycles. The largest absolute Gasteiger partial charge is 0.490 e. The molecule has 0 saturated carbocycles. The summed E-state index contributed by atoms with van der Waals surface area (Å²) in [4.78, 5) is 0. The monoisotopic (exact) mass is 316 g/mol. The van der Waals surface area contributed by atoms with Crippen molar-refractivity contribution in [3.8, 4) is 5.75 Å². The first-order valence-corrected chi connectivity index (χ1v) is 6.86. The molecule has 3 nitrogen and oxygen atoms in total. The quantitative estimate of drug-likeness (QED) is 0.876. The van der Waals surface area contributed by atoms with E-state index >= 15 is 0 Å². The van der Waals surface area contributed by atoms with Crippen LogP contribution in [0.4, 0.5) is 0 Å². The average molecular weight is 317 g/mol. The Morgan fingerprint density at radius 3 is 2.44 bits per heavy atom. The van der Waals surface area contributed by atoms with Gasteiger partial charge in [-0.3, -0.25) is 0 Å². The first-order chi connectivity index (χ1) is 8.24. The molecule has 102 valence electrons. The minimum absolute atomic E-state index is 0.0969. The van der Waals surface area contributed by atoms with E-state index in [4.69, 9.17) is 4.74 Å². The van der Waals surface area contributed by atoms with Crippen molar-refractivity contribution >= 4 is 15.9 Å². The van der Waals surface area contributed by atoms with Gasteiger partial charge in [-0.15, -0.1) is 0 Å². The van der Waals surface area contributed by atoms with Gasteiger partial charge in [0.25, 0.3) is 0 Å². The highest BCUT2D eigenvalue weighted by Crippen LogP contribution is 2.30. The van der Waals surface area contributed by atoms with Gasteiger partial charge in [-0.2, -0.15) is 0 Å². The van der Waals surface area contributed by atoms with Gasteiger partial charge in [-0.25, -0.2) is 0 Å². The van der Waals surface area contributed by atoms with Crippen molar-refractivity contribution in [2.75, 3.05) is 6.61 Å². The maximum Gasteiger partial charge on any atom is 0.126 e. The SMILES string of the molecule is CC(C)C(C)(O)COc1cc(Br)ccc1[C@@H](C)O. The van der Waals surface area contributed by atoms with Crippen molar-refractivity contribution in [2.24, 2.45) is 5.92 Å². The molecule has 0 fully saturated rings. The first-order valence-electron chi connectivity index (χ1n) is 6.06. The second kappa shape index (κ2) is 6.04. The number of benzene rings is 1. The van der Waals surface area contributed by atoms with E-state index in [1.807, 2.05) is 26.0 Å². The standard InChI is InChI=1S/C14H21BrO3/c1-9(2)14(4,17)8-18-13-7-11(15)5-6-12(13)10(3)16/h5-7,9-10,16-17H,8H2,1-4H3/t10-,14?/m1/s1. The van der Waals surface area contributed by atoms with Crippen LogP contribution >= 0.6 is 15.9 Å². The Hall–Kier alpha value is -0.580. The Morgan fingerprint density at radius 1 is 1.33 bits per heavy atom. The van der Waals surface area contributed by atoms with Gasteiger partial charge in [0, 0.05) is 10.0 Å². The second-order valence-corrected chi connectivity index (χ2v) is 6.07. The minimum Gasteiger partial charge on any atom is -0.490 e. The van der Waals surface area contributed by atoms with Crippen LogP contribution in [0.25, 0.3) is 0 Å². The van der Waals surface area contributed by atoms with Gasteiger partial charge >= 0.3 is 0 Å². The van der Waals surface area contributed by atoms with Crippen LogP contribution in [0.3, 0.4) is 0 Å². The van der Waals surface area contributed by atoms with E-state index in [9.17, 15) is 10.2 Å². The van der Waals surface area contributed by atoms with E-state index in [1.54, 1.807) is 19.9 Å². The lowest BCUT2D eigenvalue weighted by molar-refractivity contribution is -0.0273. The third-order valence-corrected chi connectivity index (χ3v) is 3.68. The van der Waals surface area contributed by atoms with Gasteiger partial charge in [0.2, 0.25) is 0 Å². The summed E-state index contributed by atoms with van der Waals surface area (Å²) in [6.45, 7) is 7.52. The fourth-order valence-electron chi connectivity index (χ4n) is 1.37. The van der Waals surface area contributed by atoms with E-state index in [2.05, 4.69) is 15.9 Å². The topological polar surface area (TPSA) is 49.7 Å². The van der Waals surface area contributed by atoms with Crippen LogP contribution in [0.15, 0.2) is 22.7 Å². The Kier molecular flexibility index (Phi) is 5.20. The van der Waals surface area contributed by atoms with Crippen LogP contribution in [0.1, 0.15) is 39.4 Å². The molecule has 0 aliphatic rings. The van der Waals surface area contributed by atoms with Crippen LogP contribution in [0, 0.1) is 5.92 Å². The molecule has 2 N–H and O–H groups in total. The molecule has 0 aromatic heterocycles. The van der Waals surface area contributed by atoms with Gasteiger partial charge in [-0.05, 0) is 31.9 Å². The maximum atomic E-state index is 10.2. The Bertz CT molecular complexity index is 400. The number of rotatable bonds is 5. The van der Waals surface area contributed by atoms with Gasteiger partial charge in [0.1, 0.15) is 12.4 Å². The molecule has 0 amide bonds. The molecule has 1 rings (SSSR count). The summed E-state index contributed by atoms with van der Waals surface area (Å²) >= 11 is 3.37. The summed E-state index contributed by atoms with van der Waals surface area (Å²) < 4.78 is 6.55. The van der Waals surface area contributed by atoms with E-state index in [0.717, 1.165) is 10.0 Å². The zero-order chi connectivity index (χ0) is 13.9. The predicted octanol–water partition coefficient (Wildman–Crippen LogP) is 3.29. The van der Waals surface area contributed by atoms with E-state index in [1.165, 1.54) is 0 Å². The number of hydrogen-bond donors (Lipinski definition) is 2. The molecule has 0 radical (unpaired) electrons. The summed E-state index contributed by atoms with van der Waals surface area (Å²) in [5.74, 6) is 0.694. The lowest BCUT2D eigenvalue weighted by atomic mass is 9.94. The number of aliphatic hydroxyl groups is 2. The number of aliphatic hydroxyl groups excluding tert-OH is 1. The molecule has 1 unspecified atom stereocenters. The molecule has 0 heterocycles. The Balaban J connectivity index is 2.87.